The summed E-state index contributed by atoms with van der Waals surface area (Å²) in [7, 11) is 1.62. The lowest BCUT2D eigenvalue weighted by Crippen LogP contribution is -1.96. The molecule has 2 N–H and O–H groups in total. The zero-order valence-electron chi connectivity index (χ0n) is 9.16. The van der Waals surface area contributed by atoms with E-state index in [-0.39, 0.29) is 0 Å². The van der Waals surface area contributed by atoms with Gasteiger partial charge in [0, 0.05) is 22.2 Å². The van der Waals surface area contributed by atoms with Crippen molar-refractivity contribution in [1.82, 2.24) is 4.98 Å². The standard InChI is InChI=1S/C12H15NO2/c1-7-4-9-5-12(15-3)10(8(2)14)6-11(9)13-7/h4-6,8,13-14H,1-3H3. The minimum absolute atomic E-state index is 0.520. The molecule has 0 aliphatic carbocycles. The molecule has 0 radical (unpaired) electrons. The van der Waals surface area contributed by atoms with Crippen LogP contribution in [0.2, 0.25) is 0 Å². The summed E-state index contributed by atoms with van der Waals surface area (Å²) in [6, 6.07) is 5.94. The number of hydrogen-bond donors (Lipinski definition) is 2. The lowest BCUT2D eigenvalue weighted by Gasteiger charge is -2.10. The van der Waals surface area contributed by atoms with Crippen LogP contribution in [0.1, 0.15) is 24.3 Å². The molecule has 3 heteroatoms. The SMILES string of the molecule is COc1cc2cc(C)[nH]c2cc1C(C)O. The van der Waals surface area contributed by atoms with E-state index in [1.54, 1.807) is 14.0 Å². The maximum Gasteiger partial charge on any atom is 0.125 e. The molecule has 0 aliphatic rings. The summed E-state index contributed by atoms with van der Waals surface area (Å²) in [6.07, 6.45) is -0.520. The van der Waals surface area contributed by atoms with Crippen LogP contribution in [0.15, 0.2) is 18.2 Å². The Kier molecular flexibility index (Phi) is 2.40. The molecule has 2 aromatic rings. The van der Waals surface area contributed by atoms with Gasteiger partial charge in [0.15, 0.2) is 0 Å². The van der Waals surface area contributed by atoms with E-state index >= 15 is 0 Å². The Labute approximate surface area is 88.7 Å². The molecule has 80 valence electrons. The van der Waals surface area contributed by atoms with Gasteiger partial charge in [-0.3, -0.25) is 0 Å². The fourth-order valence-electron chi connectivity index (χ4n) is 1.82. The molecule has 2 rings (SSSR count). The largest absolute Gasteiger partial charge is 0.496 e. The molecule has 1 unspecified atom stereocenters. The monoisotopic (exact) mass is 205 g/mol. The third-order valence-corrected chi connectivity index (χ3v) is 2.56. The van der Waals surface area contributed by atoms with Gasteiger partial charge in [-0.25, -0.2) is 0 Å². The number of rotatable bonds is 2. The highest BCUT2D eigenvalue weighted by molar-refractivity contribution is 5.83. The highest BCUT2D eigenvalue weighted by Gasteiger charge is 2.11. The quantitative estimate of drug-likeness (QED) is 0.791. The van der Waals surface area contributed by atoms with Crippen molar-refractivity contribution in [3.63, 3.8) is 0 Å². The van der Waals surface area contributed by atoms with Gasteiger partial charge in [-0.2, -0.15) is 0 Å². The summed E-state index contributed by atoms with van der Waals surface area (Å²) in [4.78, 5) is 3.24. The van der Waals surface area contributed by atoms with Gasteiger partial charge in [0.1, 0.15) is 5.75 Å². The zero-order chi connectivity index (χ0) is 11.0. The van der Waals surface area contributed by atoms with Gasteiger partial charge in [0.25, 0.3) is 0 Å². The topological polar surface area (TPSA) is 45.2 Å². The number of H-pyrrole nitrogens is 1. The van der Waals surface area contributed by atoms with Crippen molar-refractivity contribution in [1.29, 1.82) is 0 Å². The van der Waals surface area contributed by atoms with E-state index in [2.05, 4.69) is 11.1 Å². The predicted octanol–water partition coefficient (Wildman–Crippen LogP) is 2.54. The van der Waals surface area contributed by atoms with Crippen LogP contribution in [0.5, 0.6) is 5.75 Å². The van der Waals surface area contributed by atoms with Gasteiger partial charge in [0.2, 0.25) is 0 Å². The highest BCUT2D eigenvalue weighted by Crippen LogP contribution is 2.30. The summed E-state index contributed by atoms with van der Waals surface area (Å²) in [5, 5.41) is 10.7. The molecule has 0 fully saturated rings. The van der Waals surface area contributed by atoms with E-state index in [1.807, 2.05) is 19.1 Å². The minimum Gasteiger partial charge on any atom is -0.496 e. The molecule has 1 heterocycles. The average molecular weight is 205 g/mol. The van der Waals surface area contributed by atoms with Gasteiger partial charge >= 0.3 is 0 Å². The molecule has 0 saturated heterocycles. The maximum absolute atomic E-state index is 9.61. The number of aromatic nitrogens is 1. The molecular weight excluding hydrogens is 190 g/mol. The van der Waals surface area contributed by atoms with Crippen molar-refractivity contribution in [3.05, 3.63) is 29.5 Å². The molecule has 0 aliphatic heterocycles. The smallest absolute Gasteiger partial charge is 0.125 e. The first kappa shape index (κ1) is 10.1. The summed E-state index contributed by atoms with van der Waals surface area (Å²) in [6.45, 7) is 3.74. The van der Waals surface area contributed by atoms with Gasteiger partial charge < -0.3 is 14.8 Å². The molecule has 0 bridgehead atoms. The van der Waals surface area contributed by atoms with E-state index in [9.17, 15) is 5.11 Å². The van der Waals surface area contributed by atoms with Gasteiger partial charge in [0.05, 0.1) is 13.2 Å². The maximum atomic E-state index is 9.61. The van der Waals surface area contributed by atoms with Crippen molar-refractivity contribution < 1.29 is 9.84 Å². The van der Waals surface area contributed by atoms with Gasteiger partial charge in [-0.15, -0.1) is 0 Å². The van der Waals surface area contributed by atoms with E-state index in [0.29, 0.717) is 0 Å². The Morgan fingerprint density at radius 1 is 1.33 bits per heavy atom. The number of aromatic amines is 1. The second kappa shape index (κ2) is 3.59. The number of benzene rings is 1. The summed E-state index contributed by atoms with van der Waals surface area (Å²) in [5.41, 5.74) is 2.95. The van der Waals surface area contributed by atoms with Crippen LogP contribution in [0.4, 0.5) is 0 Å². The van der Waals surface area contributed by atoms with Crippen LogP contribution in [-0.4, -0.2) is 17.2 Å². The van der Waals surface area contributed by atoms with Crippen molar-refractivity contribution >= 4 is 10.9 Å². The third kappa shape index (κ3) is 1.70. The molecule has 0 amide bonds. The number of methoxy groups -OCH3 is 1. The Bertz CT molecular complexity index is 486. The van der Waals surface area contributed by atoms with E-state index in [0.717, 1.165) is 27.9 Å². The highest BCUT2D eigenvalue weighted by atomic mass is 16.5. The van der Waals surface area contributed by atoms with E-state index in [1.165, 1.54) is 0 Å². The Hall–Kier alpha value is -1.48. The number of ether oxygens (including phenoxy) is 1. The second-order valence-electron chi connectivity index (χ2n) is 3.81. The molecule has 3 nitrogen and oxygen atoms in total. The summed E-state index contributed by atoms with van der Waals surface area (Å²) >= 11 is 0. The molecule has 15 heavy (non-hydrogen) atoms. The number of fused-ring (bicyclic) bond motifs is 1. The fraction of sp³-hybridized carbons (Fsp3) is 0.333. The van der Waals surface area contributed by atoms with E-state index in [4.69, 9.17) is 4.74 Å². The number of aliphatic hydroxyl groups excluding tert-OH is 1. The molecule has 0 spiro atoms. The first-order chi connectivity index (χ1) is 7.11. The first-order valence-corrected chi connectivity index (χ1v) is 4.97. The molecule has 1 atom stereocenters. The lowest BCUT2D eigenvalue weighted by atomic mass is 10.1. The number of aryl methyl sites for hydroxylation is 1. The second-order valence-corrected chi connectivity index (χ2v) is 3.81. The third-order valence-electron chi connectivity index (χ3n) is 2.56. The van der Waals surface area contributed by atoms with Crippen molar-refractivity contribution in [2.24, 2.45) is 0 Å². The summed E-state index contributed by atoms with van der Waals surface area (Å²) in [5.74, 6) is 0.733. The van der Waals surface area contributed by atoms with Crippen molar-refractivity contribution in [3.8, 4) is 5.75 Å². The van der Waals surface area contributed by atoms with Gasteiger partial charge in [-0.05, 0) is 32.0 Å². The normalized spacial score (nSPS) is 13.1. The Morgan fingerprint density at radius 3 is 2.67 bits per heavy atom. The first-order valence-electron chi connectivity index (χ1n) is 4.97. The van der Waals surface area contributed by atoms with Gasteiger partial charge in [-0.1, -0.05) is 0 Å². The molecule has 0 saturated carbocycles. The van der Waals surface area contributed by atoms with Crippen LogP contribution in [0.25, 0.3) is 10.9 Å². The predicted molar refractivity (Wildman–Crippen MR) is 60.2 cm³/mol. The lowest BCUT2D eigenvalue weighted by molar-refractivity contribution is 0.194. The van der Waals surface area contributed by atoms with Crippen LogP contribution in [0, 0.1) is 6.92 Å². The number of nitrogens with one attached hydrogen (secondary N) is 1. The molecule has 1 aromatic carbocycles. The minimum atomic E-state index is -0.520. The van der Waals surface area contributed by atoms with Crippen LogP contribution in [-0.2, 0) is 0 Å². The average Bonchev–Trinajstić information content (AvgIpc) is 2.54. The summed E-state index contributed by atoms with van der Waals surface area (Å²) < 4.78 is 5.25. The molecular formula is C12H15NO2. The van der Waals surface area contributed by atoms with Crippen LogP contribution < -0.4 is 4.74 Å². The van der Waals surface area contributed by atoms with Crippen molar-refractivity contribution in [2.75, 3.05) is 7.11 Å². The number of hydrogen-bond acceptors (Lipinski definition) is 2. The van der Waals surface area contributed by atoms with Crippen LogP contribution in [0.3, 0.4) is 0 Å². The van der Waals surface area contributed by atoms with Crippen LogP contribution >= 0.6 is 0 Å². The fourth-order valence-corrected chi connectivity index (χ4v) is 1.82. The van der Waals surface area contributed by atoms with Crippen molar-refractivity contribution in [2.45, 2.75) is 20.0 Å². The molecule has 1 aromatic heterocycles. The Balaban J connectivity index is 2.68. The Morgan fingerprint density at radius 2 is 2.07 bits per heavy atom. The van der Waals surface area contributed by atoms with E-state index < -0.39 is 6.10 Å². The zero-order valence-corrected chi connectivity index (χ0v) is 9.16. The number of aliphatic hydroxyl groups is 1.